The lowest BCUT2D eigenvalue weighted by Crippen LogP contribution is -2.28. The number of hydrogen-bond acceptors (Lipinski definition) is 4. The highest BCUT2D eigenvalue weighted by molar-refractivity contribution is 6.40. The van der Waals surface area contributed by atoms with Gasteiger partial charge < -0.3 is 9.84 Å². The van der Waals surface area contributed by atoms with Crippen molar-refractivity contribution in [2.45, 2.75) is 19.3 Å². The third-order valence-corrected chi connectivity index (χ3v) is 5.14. The SMILES string of the molecule is COc1ccc(C2=C(O)/C(=C/C3=Nc4ccc(F)cc4C3(C)C)C2=O)cc1. The molecule has 0 fully saturated rings. The van der Waals surface area contributed by atoms with Crippen LogP contribution in [-0.4, -0.2) is 23.7 Å². The smallest absolute Gasteiger partial charge is 0.201 e. The van der Waals surface area contributed by atoms with E-state index in [4.69, 9.17) is 4.74 Å². The van der Waals surface area contributed by atoms with E-state index in [1.54, 1.807) is 43.5 Å². The van der Waals surface area contributed by atoms with Crippen LogP contribution in [0, 0.1) is 5.82 Å². The lowest BCUT2D eigenvalue weighted by molar-refractivity contribution is -0.111. The van der Waals surface area contributed by atoms with E-state index in [9.17, 15) is 14.3 Å². The third-order valence-electron chi connectivity index (χ3n) is 5.14. The number of carbonyl (C=O) groups is 1. The third kappa shape index (κ3) is 2.58. The van der Waals surface area contributed by atoms with E-state index in [0.717, 1.165) is 5.56 Å². The van der Waals surface area contributed by atoms with Gasteiger partial charge in [-0.2, -0.15) is 0 Å². The molecule has 2 aromatic carbocycles. The highest BCUT2D eigenvalue weighted by atomic mass is 19.1. The van der Waals surface area contributed by atoms with Gasteiger partial charge in [-0.05, 0) is 47.5 Å². The predicted octanol–water partition coefficient (Wildman–Crippen LogP) is 4.68. The summed E-state index contributed by atoms with van der Waals surface area (Å²) in [6, 6.07) is 11.4. The van der Waals surface area contributed by atoms with Crippen LogP contribution in [0.2, 0.25) is 0 Å². The van der Waals surface area contributed by atoms with Gasteiger partial charge in [0.25, 0.3) is 0 Å². The molecule has 0 saturated heterocycles. The first-order valence-corrected chi connectivity index (χ1v) is 8.56. The number of ketones is 1. The number of allylic oxidation sites excluding steroid dienone is 3. The van der Waals surface area contributed by atoms with Crippen LogP contribution < -0.4 is 4.74 Å². The number of benzene rings is 2. The molecule has 27 heavy (non-hydrogen) atoms. The molecule has 1 aliphatic carbocycles. The molecule has 0 spiro atoms. The number of hydrogen-bond donors (Lipinski definition) is 1. The Hall–Kier alpha value is -3.21. The molecule has 2 aliphatic rings. The number of Topliss-reactive ketones (excluding diaryl/α,β-unsaturated/α-hetero) is 1. The van der Waals surface area contributed by atoms with Crippen LogP contribution in [0.1, 0.15) is 25.0 Å². The van der Waals surface area contributed by atoms with Gasteiger partial charge >= 0.3 is 0 Å². The van der Waals surface area contributed by atoms with Crippen molar-refractivity contribution in [3.8, 4) is 5.75 Å². The zero-order valence-corrected chi connectivity index (χ0v) is 15.2. The van der Waals surface area contributed by atoms with Crippen molar-refractivity contribution in [1.82, 2.24) is 0 Å². The molecule has 1 heterocycles. The van der Waals surface area contributed by atoms with Gasteiger partial charge in [0.1, 0.15) is 17.3 Å². The summed E-state index contributed by atoms with van der Waals surface area (Å²) in [6.45, 7) is 3.84. The van der Waals surface area contributed by atoms with Gasteiger partial charge in [0.05, 0.1) is 29.7 Å². The van der Waals surface area contributed by atoms with Gasteiger partial charge in [0.15, 0.2) is 0 Å². The highest BCUT2D eigenvalue weighted by Crippen LogP contribution is 2.43. The standard InChI is InChI=1S/C22H18FNO3/c1-22(2)16-10-13(23)6-9-17(16)24-18(22)11-15-20(25)19(21(15)26)12-4-7-14(27-3)8-5-12/h4-11,25H,1-3H3/b15-11-. The molecule has 0 aromatic heterocycles. The summed E-state index contributed by atoms with van der Waals surface area (Å²) in [6.07, 6.45) is 1.60. The highest BCUT2D eigenvalue weighted by Gasteiger charge is 2.39. The average molecular weight is 363 g/mol. The molecule has 0 radical (unpaired) electrons. The molecular formula is C22H18FNO3. The van der Waals surface area contributed by atoms with Crippen molar-refractivity contribution < 1.29 is 19.0 Å². The van der Waals surface area contributed by atoms with Crippen LogP contribution in [-0.2, 0) is 10.2 Å². The second-order valence-electron chi connectivity index (χ2n) is 7.12. The number of methoxy groups -OCH3 is 1. The lowest BCUT2D eigenvalue weighted by Gasteiger charge is -2.25. The van der Waals surface area contributed by atoms with Gasteiger partial charge in [-0.15, -0.1) is 0 Å². The Morgan fingerprint density at radius 2 is 1.85 bits per heavy atom. The maximum atomic E-state index is 13.6. The number of halogens is 1. The first-order chi connectivity index (χ1) is 12.8. The number of ether oxygens (including phenoxy) is 1. The number of nitrogens with zero attached hydrogens (tertiary/aromatic N) is 1. The number of carbonyl (C=O) groups excluding carboxylic acids is 1. The minimum atomic E-state index is -0.555. The molecule has 4 rings (SSSR count). The van der Waals surface area contributed by atoms with E-state index in [-0.39, 0.29) is 28.5 Å². The van der Waals surface area contributed by atoms with E-state index < -0.39 is 5.41 Å². The van der Waals surface area contributed by atoms with E-state index >= 15 is 0 Å². The lowest BCUT2D eigenvalue weighted by atomic mass is 9.77. The fourth-order valence-electron chi connectivity index (χ4n) is 3.44. The maximum Gasteiger partial charge on any atom is 0.201 e. The number of aliphatic hydroxyl groups is 1. The summed E-state index contributed by atoms with van der Waals surface area (Å²) < 4.78 is 18.7. The summed E-state index contributed by atoms with van der Waals surface area (Å²) in [5.41, 5.74) is 2.64. The quantitative estimate of drug-likeness (QED) is 0.806. The van der Waals surface area contributed by atoms with Crippen molar-refractivity contribution in [1.29, 1.82) is 0 Å². The van der Waals surface area contributed by atoms with Gasteiger partial charge in [-0.1, -0.05) is 26.0 Å². The number of fused-ring (bicyclic) bond motifs is 1. The fraction of sp³-hybridized carbons (Fsp3) is 0.182. The summed E-state index contributed by atoms with van der Waals surface area (Å²) in [4.78, 5) is 17.1. The van der Waals surface area contributed by atoms with Gasteiger partial charge in [0.2, 0.25) is 5.78 Å². The molecule has 4 nitrogen and oxygen atoms in total. The molecular weight excluding hydrogens is 345 g/mol. The van der Waals surface area contributed by atoms with E-state index in [1.165, 1.54) is 12.1 Å². The van der Waals surface area contributed by atoms with Crippen molar-refractivity contribution in [3.05, 3.63) is 76.8 Å². The molecule has 1 N–H and O–H groups in total. The number of rotatable bonds is 3. The van der Waals surface area contributed by atoms with E-state index in [2.05, 4.69) is 4.99 Å². The molecule has 0 saturated carbocycles. The topological polar surface area (TPSA) is 58.9 Å². The number of aliphatic imine (C=N–C) groups is 1. The minimum Gasteiger partial charge on any atom is -0.506 e. The fourth-order valence-corrected chi connectivity index (χ4v) is 3.44. The minimum absolute atomic E-state index is 0.0502. The van der Waals surface area contributed by atoms with Crippen LogP contribution in [0.3, 0.4) is 0 Å². The zero-order chi connectivity index (χ0) is 19.3. The Balaban J connectivity index is 1.70. The second kappa shape index (κ2) is 5.91. The maximum absolute atomic E-state index is 13.6. The largest absolute Gasteiger partial charge is 0.506 e. The monoisotopic (exact) mass is 363 g/mol. The molecule has 136 valence electrons. The Bertz CT molecular complexity index is 1060. The molecule has 2 aromatic rings. The summed E-state index contributed by atoms with van der Waals surface area (Å²) in [5, 5.41) is 10.5. The van der Waals surface area contributed by atoms with E-state index in [0.29, 0.717) is 22.7 Å². The van der Waals surface area contributed by atoms with Crippen LogP contribution in [0.4, 0.5) is 10.1 Å². The Labute approximate surface area is 156 Å². The Morgan fingerprint density at radius 1 is 1.15 bits per heavy atom. The van der Waals surface area contributed by atoms with Gasteiger partial charge in [-0.25, -0.2) is 4.39 Å². The van der Waals surface area contributed by atoms with Gasteiger partial charge in [0, 0.05) is 5.41 Å². The normalized spacial score (nSPS) is 19.0. The molecule has 0 bridgehead atoms. The summed E-state index contributed by atoms with van der Waals surface area (Å²) in [7, 11) is 1.56. The Kier molecular flexibility index (Phi) is 3.77. The summed E-state index contributed by atoms with van der Waals surface area (Å²) in [5.74, 6) is 0.0627. The zero-order valence-electron chi connectivity index (χ0n) is 15.2. The predicted molar refractivity (Wildman–Crippen MR) is 102 cm³/mol. The van der Waals surface area contributed by atoms with Crippen molar-refractivity contribution in [3.63, 3.8) is 0 Å². The van der Waals surface area contributed by atoms with Crippen LogP contribution in [0.15, 0.2) is 64.9 Å². The average Bonchev–Trinajstić information content (AvgIpc) is 2.90. The van der Waals surface area contributed by atoms with E-state index in [1.807, 2.05) is 13.8 Å². The first-order valence-electron chi connectivity index (χ1n) is 8.56. The van der Waals surface area contributed by atoms with Crippen LogP contribution >= 0.6 is 0 Å². The molecule has 5 heteroatoms. The second-order valence-corrected chi connectivity index (χ2v) is 7.12. The van der Waals surface area contributed by atoms with Crippen molar-refractivity contribution in [2.75, 3.05) is 7.11 Å². The first kappa shape index (κ1) is 17.2. The molecule has 0 atom stereocenters. The Morgan fingerprint density at radius 3 is 2.48 bits per heavy atom. The summed E-state index contributed by atoms with van der Waals surface area (Å²) >= 11 is 0. The number of aliphatic hydroxyl groups excluding tert-OH is 1. The van der Waals surface area contributed by atoms with Gasteiger partial charge in [-0.3, -0.25) is 9.79 Å². The van der Waals surface area contributed by atoms with Crippen molar-refractivity contribution >= 4 is 22.8 Å². The molecule has 0 amide bonds. The van der Waals surface area contributed by atoms with Crippen molar-refractivity contribution in [2.24, 2.45) is 4.99 Å². The van der Waals surface area contributed by atoms with Crippen LogP contribution in [0.25, 0.3) is 5.57 Å². The molecule has 0 unspecified atom stereocenters. The van der Waals surface area contributed by atoms with Crippen LogP contribution in [0.5, 0.6) is 5.75 Å². The molecule has 1 aliphatic heterocycles.